The lowest BCUT2D eigenvalue weighted by molar-refractivity contribution is -0.137. The van der Waals surface area contributed by atoms with Gasteiger partial charge in [0.15, 0.2) is 0 Å². The van der Waals surface area contributed by atoms with Gasteiger partial charge in [0, 0.05) is 11.8 Å². The number of fused-ring (bicyclic) bond motifs is 3. The number of alkyl halides is 3. The van der Waals surface area contributed by atoms with Gasteiger partial charge in [0.05, 0.1) is 33.4 Å². The van der Waals surface area contributed by atoms with Gasteiger partial charge < -0.3 is 9.51 Å². The van der Waals surface area contributed by atoms with Crippen LogP contribution in [0.1, 0.15) is 21.5 Å². The molecule has 0 saturated heterocycles. The normalized spacial score (nSPS) is 12.0. The number of halogens is 3. The molecule has 4 aromatic rings. The zero-order valence-corrected chi connectivity index (χ0v) is 14.1. The number of aromatic carboxylic acids is 1. The molecular formula is C20H13F3N2O2. The number of hydrogen-bond acceptors (Lipinski definition) is 2. The maximum atomic E-state index is 12.8. The van der Waals surface area contributed by atoms with Crippen LogP contribution in [0.25, 0.3) is 27.8 Å². The van der Waals surface area contributed by atoms with Crippen molar-refractivity contribution in [2.45, 2.75) is 13.1 Å². The van der Waals surface area contributed by atoms with Crippen molar-refractivity contribution < 1.29 is 23.1 Å². The van der Waals surface area contributed by atoms with Crippen LogP contribution in [0.15, 0.2) is 54.7 Å². The molecule has 4 rings (SSSR count). The van der Waals surface area contributed by atoms with Gasteiger partial charge in [0.1, 0.15) is 0 Å². The number of carboxylic acid groups (broad SMARTS) is 1. The molecule has 0 aliphatic rings. The molecule has 27 heavy (non-hydrogen) atoms. The maximum absolute atomic E-state index is 12.8. The minimum Gasteiger partial charge on any atom is -0.478 e. The van der Waals surface area contributed by atoms with Crippen molar-refractivity contribution in [2.24, 2.45) is 0 Å². The Morgan fingerprint density at radius 1 is 1.04 bits per heavy atom. The molecule has 136 valence electrons. The smallest absolute Gasteiger partial charge is 0.416 e. The largest absolute Gasteiger partial charge is 0.478 e. The van der Waals surface area contributed by atoms with Crippen LogP contribution in [0.4, 0.5) is 13.2 Å². The Hall–Kier alpha value is -3.35. The molecule has 2 aromatic carbocycles. The molecule has 4 nitrogen and oxygen atoms in total. The highest BCUT2D eigenvalue weighted by molar-refractivity contribution is 5.94. The first-order chi connectivity index (χ1) is 12.7. The van der Waals surface area contributed by atoms with E-state index in [9.17, 15) is 23.1 Å². The second-order valence-corrected chi connectivity index (χ2v) is 6.32. The van der Waals surface area contributed by atoms with E-state index in [0.29, 0.717) is 16.8 Å². The minimum atomic E-state index is -4.41. The molecule has 0 radical (unpaired) electrons. The number of nitrogens with zero attached hydrogens (tertiary/aromatic N) is 2. The molecule has 0 bridgehead atoms. The van der Waals surface area contributed by atoms with Crippen LogP contribution < -0.4 is 0 Å². The first-order valence-corrected chi connectivity index (χ1v) is 8.07. The number of carboxylic acids is 1. The molecule has 1 N–H and O–H groups in total. The summed E-state index contributed by atoms with van der Waals surface area (Å²) in [5.41, 5.74) is 3.24. The lowest BCUT2D eigenvalue weighted by Gasteiger charge is -2.11. The van der Waals surface area contributed by atoms with E-state index >= 15 is 0 Å². The molecule has 2 heterocycles. The van der Waals surface area contributed by atoms with Gasteiger partial charge in [0.25, 0.3) is 0 Å². The number of hydrogen-bond donors (Lipinski definition) is 1. The number of rotatable bonds is 2. The highest BCUT2D eigenvalue weighted by atomic mass is 19.4. The van der Waals surface area contributed by atoms with Crippen LogP contribution in [0.5, 0.6) is 0 Å². The van der Waals surface area contributed by atoms with Crippen molar-refractivity contribution in [1.29, 1.82) is 0 Å². The van der Waals surface area contributed by atoms with E-state index < -0.39 is 17.7 Å². The molecule has 0 fully saturated rings. The predicted molar refractivity (Wildman–Crippen MR) is 94.8 cm³/mol. The zero-order chi connectivity index (χ0) is 19.3. The van der Waals surface area contributed by atoms with E-state index in [1.807, 2.05) is 23.6 Å². The summed E-state index contributed by atoms with van der Waals surface area (Å²) in [4.78, 5) is 15.8. The van der Waals surface area contributed by atoms with Gasteiger partial charge in [-0.3, -0.25) is 0 Å². The van der Waals surface area contributed by atoms with Crippen LogP contribution in [0.3, 0.4) is 0 Å². The van der Waals surface area contributed by atoms with Crippen LogP contribution in [0.2, 0.25) is 0 Å². The predicted octanol–water partition coefficient (Wildman–Crippen LogP) is 5.18. The van der Waals surface area contributed by atoms with Gasteiger partial charge in [-0.05, 0) is 48.9 Å². The summed E-state index contributed by atoms with van der Waals surface area (Å²) in [6, 6.07) is 11.3. The minimum absolute atomic E-state index is 0.0941. The quantitative estimate of drug-likeness (QED) is 0.529. The summed E-state index contributed by atoms with van der Waals surface area (Å²) in [6.07, 6.45) is -2.53. The summed E-state index contributed by atoms with van der Waals surface area (Å²) >= 11 is 0. The lowest BCUT2D eigenvalue weighted by atomic mass is 10.1. The molecule has 0 amide bonds. The Balaban J connectivity index is 1.99. The summed E-state index contributed by atoms with van der Waals surface area (Å²) in [7, 11) is 0. The van der Waals surface area contributed by atoms with Crippen molar-refractivity contribution in [2.75, 3.05) is 0 Å². The Labute approximate surface area is 151 Å². The van der Waals surface area contributed by atoms with Gasteiger partial charge >= 0.3 is 12.1 Å². The summed E-state index contributed by atoms with van der Waals surface area (Å²) in [5, 5.41) is 9.21. The SMILES string of the molecule is Cc1cc2c(-c3ccc(C(F)(F)F)cc3)nc3cc(C(=O)O)ccc3n2c1. The number of carbonyl (C=O) groups is 1. The zero-order valence-electron chi connectivity index (χ0n) is 14.1. The Bertz CT molecular complexity index is 1190. The molecule has 2 aromatic heterocycles. The average molecular weight is 370 g/mol. The Morgan fingerprint density at radius 2 is 1.74 bits per heavy atom. The number of aryl methyl sites for hydroxylation is 1. The topological polar surface area (TPSA) is 54.6 Å². The Kier molecular flexibility index (Phi) is 3.69. The van der Waals surface area contributed by atoms with Gasteiger partial charge in [-0.2, -0.15) is 13.2 Å². The monoisotopic (exact) mass is 370 g/mol. The third kappa shape index (κ3) is 2.91. The van der Waals surface area contributed by atoms with E-state index in [4.69, 9.17) is 0 Å². The van der Waals surface area contributed by atoms with Gasteiger partial charge in [-0.25, -0.2) is 9.78 Å². The molecular weight excluding hydrogens is 357 g/mol. The van der Waals surface area contributed by atoms with Gasteiger partial charge in [-0.15, -0.1) is 0 Å². The standard InChI is InChI=1S/C20H13F3N2O2/c1-11-8-17-18(12-2-5-14(6-3-12)20(21,22)23)24-15-9-13(19(26)27)4-7-16(15)25(17)10-11/h2-10H,1H3,(H,26,27). The second kappa shape index (κ2) is 5.84. The van der Waals surface area contributed by atoms with Crippen molar-refractivity contribution in [1.82, 2.24) is 9.38 Å². The second-order valence-electron chi connectivity index (χ2n) is 6.32. The summed E-state index contributed by atoms with van der Waals surface area (Å²) in [5.74, 6) is -1.07. The van der Waals surface area contributed by atoms with Crippen molar-refractivity contribution in [3.63, 3.8) is 0 Å². The van der Waals surface area contributed by atoms with Gasteiger partial charge in [0.2, 0.25) is 0 Å². The van der Waals surface area contributed by atoms with Crippen molar-refractivity contribution in [3.8, 4) is 11.3 Å². The van der Waals surface area contributed by atoms with E-state index in [0.717, 1.165) is 28.7 Å². The van der Waals surface area contributed by atoms with E-state index in [2.05, 4.69) is 4.98 Å². The van der Waals surface area contributed by atoms with Gasteiger partial charge in [-0.1, -0.05) is 12.1 Å². The third-order valence-corrected chi connectivity index (χ3v) is 4.40. The lowest BCUT2D eigenvalue weighted by Crippen LogP contribution is -2.04. The first-order valence-electron chi connectivity index (χ1n) is 8.07. The fourth-order valence-corrected chi connectivity index (χ4v) is 3.13. The van der Waals surface area contributed by atoms with Crippen molar-refractivity contribution in [3.05, 3.63) is 71.4 Å². The Morgan fingerprint density at radius 3 is 2.37 bits per heavy atom. The van der Waals surface area contributed by atoms with Crippen molar-refractivity contribution >= 4 is 22.5 Å². The van der Waals surface area contributed by atoms with Crippen LogP contribution in [0, 0.1) is 6.92 Å². The molecule has 7 heteroatoms. The van der Waals surface area contributed by atoms with E-state index in [-0.39, 0.29) is 5.56 Å². The van der Waals surface area contributed by atoms with Crippen LogP contribution in [-0.2, 0) is 6.18 Å². The average Bonchev–Trinajstić information content (AvgIpc) is 3.01. The highest BCUT2D eigenvalue weighted by Crippen LogP contribution is 2.33. The maximum Gasteiger partial charge on any atom is 0.416 e. The third-order valence-electron chi connectivity index (χ3n) is 4.40. The van der Waals surface area contributed by atoms with Crippen LogP contribution in [-0.4, -0.2) is 20.5 Å². The summed E-state index contributed by atoms with van der Waals surface area (Å²) < 4.78 is 40.4. The molecule has 0 unspecified atom stereocenters. The molecule has 0 aliphatic heterocycles. The first kappa shape index (κ1) is 17.1. The number of benzene rings is 2. The summed E-state index contributed by atoms with van der Waals surface area (Å²) in [6.45, 7) is 1.90. The molecule has 0 spiro atoms. The molecule has 0 atom stereocenters. The number of aromatic nitrogens is 2. The fraction of sp³-hybridized carbons (Fsp3) is 0.100. The fourth-order valence-electron chi connectivity index (χ4n) is 3.13. The van der Waals surface area contributed by atoms with Crippen LogP contribution >= 0.6 is 0 Å². The molecule has 0 saturated carbocycles. The highest BCUT2D eigenvalue weighted by Gasteiger charge is 2.30. The van der Waals surface area contributed by atoms with E-state index in [1.54, 1.807) is 6.07 Å². The molecule has 0 aliphatic carbocycles. The van der Waals surface area contributed by atoms with E-state index in [1.165, 1.54) is 24.3 Å².